The molecule has 1 aromatic rings. The fraction of sp³-hybridized carbons (Fsp3) is 0.688. The Morgan fingerprint density at radius 2 is 2.27 bits per heavy atom. The molecule has 2 aliphatic rings. The smallest absolute Gasteiger partial charge is 0.225 e. The zero-order chi connectivity index (χ0) is 15.5. The molecule has 0 aliphatic carbocycles. The van der Waals surface area contributed by atoms with Gasteiger partial charge in [-0.25, -0.2) is 4.98 Å². The van der Waals surface area contributed by atoms with Crippen molar-refractivity contribution in [3.05, 3.63) is 18.6 Å². The molecule has 0 aromatic carbocycles. The molecule has 1 N–H and O–H groups in total. The molecule has 0 saturated carbocycles. The van der Waals surface area contributed by atoms with E-state index in [0.717, 1.165) is 19.7 Å². The van der Waals surface area contributed by atoms with E-state index in [9.17, 15) is 4.79 Å². The van der Waals surface area contributed by atoms with E-state index in [2.05, 4.69) is 34.0 Å². The first-order valence-electron chi connectivity index (χ1n) is 8.01. The number of carbonyl (C=O) groups excluding carboxylic acids is 1. The maximum atomic E-state index is 12.2. The Hall–Kier alpha value is -1.53. The first kappa shape index (κ1) is 15.4. The van der Waals surface area contributed by atoms with Gasteiger partial charge >= 0.3 is 0 Å². The minimum Gasteiger partial charge on any atom is -0.381 e. The van der Waals surface area contributed by atoms with Gasteiger partial charge in [0.1, 0.15) is 0 Å². The third-order valence-corrected chi connectivity index (χ3v) is 4.80. The van der Waals surface area contributed by atoms with Gasteiger partial charge < -0.3 is 15.0 Å². The molecule has 0 radical (unpaired) electrons. The Morgan fingerprint density at radius 1 is 1.41 bits per heavy atom. The molecule has 3 atom stereocenters. The molecule has 2 fully saturated rings. The average Bonchev–Trinajstić information content (AvgIpc) is 2.93. The fourth-order valence-electron chi connectivity index (χ4n) is 3.56. The number of nitrogens with one attached hydrogen (secondary N) is 1. The van der Waals surface area contributed by atoms with Gasteiger partial charge in [-0.2, -0.15) is 0 Å². The standard InChI is InChI=1S/C16H24N4O2/c1-11(2)20-7-13-10-22-9-12(14(13)8-20)5-16(21)19-15-6-17-3-4-18-15/h3-4,6,11-14H,5,7-10H2,1-2H3,(H,18,19,21)/t12-,13-,14+/m1/s1. The Bertz CT molecular complexity index is 508. The zero-order valence-electron chi connectivity index (χ0n) is 13.2. The number of aromatic nitrogens is 2. The molecular formula is C16H24N4O2. The number of carbonyl (C=O) groups is 1. The summed E-state index contributed by atoms with van der Waals surface area (Å²) in [6, 6.07) is 0.555. The summed E-state index contributed by atoms with van der Waals surface area (Å²) in [4.78, 5) is 22.8. The summed E-state index contributed by atoms with van der Waals surface area (Å²) in [5, 5.41) is 2.82. The number of amides is 1. The number of rotatable bonds is 4. The van der Waals surface area contributed by atoms with Crippen LogP contribution in [0.5, 0.6) is 0 Å². The molecule has 6 nitrogen and oxygen atoms in total. The Balaban J connectivity index is 1.58. The van der Waals surface area contributed by atoms with Crippen molar-refractivity contribution in [1.82, 2.24) is 14.9 Å². The summed E-state index contributed by atoms with van der Waals surface area (Å²) >= 11 is 0. The van der Waals surface area contributed by atoms with Crippen molar-refractivity contribution >= 4 is 11.7 Å². The van der Waals surface area contributed by atoms with Gasteiger partial charge in [0.05, 0.1) is 19.4 Å². The third kappa shape index (κ3) is 3.44. The first-order valence-corrected chi connectivity index (χ1v) is 8.01. The molecule has 3 heterocycles. The molecule has 120 valence electrons. The van der Waals surface area contributed by atoms with Gasteiger partial charge in [0, 0.05) is 37.9 Å². The van der Waals surface area contributed by atoms with Crippen molar-refractivity contribution in [1.29, 1.82) is 0 Å². The zero-order valence-corrected chi connectivity index (χ0v) is 13.2. The van der Waals surface area contributed by atoms with E-state index in [1.54, 1.807) is 18.6 Å². The quantitative estimate of drug-likeness (QED) is 0.911. The van der Waals surface area contributed by atoms with Crippen LogP contribution in [0.25, 0.3) is 0 Å². The lowest BCUT2D eigenvalue weighted by atomic mass is 9.81. The highest BCUT2D eigenvalue weighted by molar-refractivity contribution is 5.89. The minimum absolute atomic E-state index is 0.00209. The molecule has 6 heteroatoms. The monoisotopic (exact) mass is 304 g/mol. The second kappa shape index (κ2) is 6.71. The molecule has 3 rings (SSSR count). The highest BCUT2D eigenvalue weighted by Crippen LogP contribution is 2.36. The van der Waals surface area contributed by atoms with Crippen molar-refractivity contribution in [2.45, 2.75) is 26.3 Å². The number of hydrogen-bond donors (Lipinski definition) is 1. The van der Waals surface area contributed by atoms with E-state index in [-0.39, 0.29) is 5.91 Å². The average molecular weight is 304 g/mol. The third-order valence-electron chi connectivity index (χ3n) is 4.80. The number of likely N-dealkylation sites (tertiary alicyclic amines) is 1. The Labute approximate surface area is 131 Å². The summed E-state index contributed by atoms with van der Waals surface area (Å²) in [6.07, 6.45) is 5.22. The normalized spacial score (nSPS) is 28.6. The Kier molecular flexibility index (Phi) is 4.69. The van der Waals surface area contributed by atoms with E-state index >= 15 is 0 Å². The van der Waals surface area contributed by atoms with Gasteiger partial charge in [0.25, 0.3) is 0 Å². The van der Waals surface area contributed by atoms with E-state index in [0.29, 0.717) is 42.6 Å². The van der Waals surface area contributed by atoms with E-state index in [4.69, 9.17) is 4.74 Å². The summed E-state index contributed by atoms with van der Waals surface area (Å²) in [6.45, 7) is 8.14. The van der Waals surface area contributed by atoms with Gasteiger partial charge in [-0.3, -0.25) is 9.78 Å². The summed E-state index contributed by atoms with van der Waals surface area (Å²) in [5.74, 6) is 1.92. The van der Waals surface area contributed by atoms with Gasteiger partial charge in [0.15, 0.2) is 5.82 Å². The first-order chi connectivity index (χ1) is 10.6. The van der Waals surface area contributed by atoms with Crippen molar-refractivity contribution in [3.8, 4) is 0 Å². The van der Waals surface area contributed by atoms with Crippen LogP contribution in [0.15, 0.2) is 18.6 Å². The van der Waals surface area contributed by atoms with Crippen molar-refractivity contribution in [3.63, 3.8) is 0 Å². The molecule has 2 saturated heterocycles. The van der Waals surface area contributed by atoms with Gasteiger partial charge in [-0.15, -0.1) is 0 Å². The maximum Gasteiger partial charge on any atom is 0.225 e. The second-order valence-corrected chi connectivity index (χ2v) is 6.61. The fourth-order valence-corrected chi connectivity index (χ4v) is 3.56. The van der Waals surface area contributed by atoms with Crippen LogP contribution >= 0.6 is 0 Å². The van der Waals surface area contributed by atoms with Gasteiger partial charge in [-0.05, 0) is 31.6 Å². The summed E-state index contributed by atoms with van der Waals surface area (Å²) in [7, 11) is 0. The molecule has 2 aliphatic heterocycles. The number of anilines is 1. The largest absolute Gasteiger partial charge is 0.381 e. The lowest BCUT2D eigenvalue weighted by Gasteiger charge is -2.32. The minimum atomic E-state index is -0.00209. The lowest BCUT2D eigenvalue weighted by molar-refractivity contribution is -0.119. The Morgan fingerprint density at radius 3 is 3.00 bits per heavy atom. The van der Waals surface area contributed by atoms with Crippen LogP contribution in [-0.2, 0) is 9.53 Å². The van der Waals surface area contributed by atoms with E-state index in [1.807, 2.05) is 0 Å². The molecule has 0 unspecified atom stereocenters. The van der Waals surface area contributed by atoms with Crippen LogP contribution in [0.3, 0.4) is 0 Å². The summed E-state index contributed by atoms with van der Waals surface area (Å²) < 4.78 is 5.74. The van der Waals surface area contributed by atoms with Gasteiger partial charge in [0.2, 0.25) is 5.91 Å². The highest BCUT2D eigenvalue weighted by Gasteiger charge is 2.42. The molecule has 0 spiro atoms. The maximum absolute atomic E-state index is 12.2. The van der Waals surface area contributed by atoms with Crippen LogP contribution in [0, 0.1) is 17.8 Å². The van der Waals surface area contributed by atoms with Crippen LogP contribution in [0.2, 0.25) is 0 Å². The van der Waals surface area contributed by atoms with Crippen molar-refractivity contribution in [2.75, 3.05) is 31.6 Å². The van der Waals surface area contributed by atoms with Crippen LogP contribution in [-0.4, -0.2) is 53.1 Å². The number of fused-ring (bicyclic) bond motifs is 1. The van der Waals surface area contributed by atoms with Crippen LogP contribution in [0.1, 0.15) is 20.3 Å². The number of ether oxygens (including phenoxy) is 1. The predicted octanol–water partition coefficient (Wildman–Crippen LogP) is 1.41. The second-order valence-electron chi connectivity index (χ2n) is 6.61. The topological polar surface area (TPSA) is 67.3 Å². The SMILES string of the molecule is CC(C)N1C[C@@H]2COC[C@@H](CC(=O)Nc3cnccn3)[C@@H]2C1. The van der Waals surface area contributed by atoms with Crippen LogP contribution < -0.4 is 5.32 Å². The van der Waals surface area contributed by atoms with Crippen molar-refractivity contribution < 1.29 is 9.53 Å². The molecular weight excluding hydrogens is 280 g/mol. The number of nitrogens with zero attached hydrogens (tertiary/aromatic N) is 3. The number of hydrogen-bond acceptors (Lipinski definition) is 5. The molecule has 0 bridgehead atoms. The molecule has 22 heavy (non-hydrogen) atoms. The van der Waals surface area contributed by atoms with Crippen LogP contribution in [0.4, 0.5) is 5.82 Å². The van der Waals surface area contributed by atoms with Gasteiger partial charge in [-0.1, -0.05) is 0 Å². The lowest BCUT2D eigenvalue weighted by Crippen LogP contribution is -2.37. The molecule has 1 amide bonds. The van der Waals surface area contributed by atoms with Crippen molar-refractivity contribution in [2.24, 2.45) is 17.8 Å². The van der Waals surface area contributed by atoms with E-state index in [1.165, 1.54) is 0 Å². The summed E-state index contributed by atoms with van der Waals surface area (Å²) in [5.41, 5.74) is 0. The predicted molar refractivity (Wildman–Crippen MR) is 83.3 cm³/mol. The van der Waals surface area contributed by atoms with E-state index < -0.39 is 0 Å². The highest BCUT2D eigenvalue weighted by atomic mass is 16.5. The molecule has 1 aromatic heterocycles.